The number of carbonyl (C=O) groups excluding carboxylic acids is 2. The van der Waals surface area contributed by atoms with E-state index in [0.717, 1.165) is 18.4 Å². The Hall–Kier alpha value is -2.32. The number of nitrogens with one attached hydrogen (secondary N) is 1. The predicted molar refractivity (Wildman–Crippen MR) is 121 cm³/mol. The first-order chi connectivity index (χ1) is 15.1. The minimum atomic E-state index is -0.762. The lowest BCUT2D eigenvalue weighted by Crippen LogP contribution is -2.55. The Labute approximate surface area is 190 Å². The summed E-state index contributed by atoms with van der Waals surface area (Å²) in [6.07, 6.45) is 2.02. The SMILES string of the molecule is CC(C)(C)OC(=O)NC1CCC(O)(CN2CCN(C(=O)OCc3ccccc3)CC2)CC1. The number of nitrogens with zero attached hydrogens (tertiary/aromatic N) is 2. The van der Waals surface area contributed by atoms with E-state index in [2.05, 4.69) is 10.2 Å². The number of benzene rings is 1. The molecule has 0 aromatic heterocycles. The zero-order chi connectivity index (χ0) is 23.2. The average Bonchev–Trinajstić information content (AvgIpc) is 2.74. The van der Waals surface area contributed by atoms with Gasteiger partial charge in [-0.05, 0) is 52.0 Å². The van der Waals surface area contributed by atoms with Crippen LogP contribution in [0.4, 0.5) is 9.59 Å². The summed E-state index contributed by atoms with van der Waals surface area (Å²) in [4.78, 5) is 28.2. The number of aliphatic hydroxyl groups is 1. The van der Waals surface area contributed by atoms with Crippen LogP contribution in [0.5, 0.6) is 0 Å². The molecule has 1 heterocycles. The van der Waals surface area contributed by atoms with Crippen LogP contribution in [-0.2, 0) is 16.1 Å². The van der Waals surface area contributed by atoms with Crippen LogP contribution in [-0.4, -0.2) is 77.1 Å². The third kappa shape index (κ3) is 7.67. The van der Waals surface area contributed by atoms with Crippen molar-refractivity contribution in [2.45, 2.75) is 70.3 Å². The molecule has 2 amide bonds. The standard InChI is InChI=1S/C24H37N3O5/c1-23(2,3)32-21(28)25-20-9-11-24(30,12-10-20)18-26-13-15-27(16-14-26)22(29)31-17-19-7-5-4-6-8-19/h4-8,20,30H,9-18H2,1-3H3,(H,25,28). The molecule has 1 saturated carbocycles. The van der Waals surface area contributed by atoms with Gasteiger partial charge in [0.2, 0.25) is 0 Å². The maximum absolute atomic E-state index is 12.3. The van der Waals surface area contributed by atoms with Crippen LogP contribution < -0.4 is 5.32 Å². The van der Waals surface area contributed by atoms with Gasteiger partial charge >= 0.3 is 12.2 Å². The number of piperazine rings is 1. The molecule has 178 valence electrons. The van der Waals surface area contributed by atoms with Crippen LogP contribution in [0.2, 0.25) is 0 Å². The molecule has 0 bridgehead atoms. The second-order valence-corrected chi connectivity index (χ2v) is 9.95. The lowest BCUT2D eigenvalue weighted by Gasteiger charge is -2.42. The second kappa shape index (κ2) is 10.5. The third-order valence-electron chi connectivity index (χ3n) is 5.99. The Morgan fingerprint density at radius 2 is 1.72 bits per heavy atom. The van der Waals surface area contributed by atoms with Crippen molar-refractivity contribution in [1.29, 1.82) is 0 Å². The van der Waals surface area contributed by atoms with Crippen molar-refractivity contribution in [1.82, 2.24) is 15.1 Å². The molecule has 3 rings (SSSR count). The molecule has 0 radical (unpaired) electrons. The van der Waals surface area contributed by atoms with Crippen molar-refractivity contribution in [3.63, 3.8) is 0 Å². The van der Waals surface area contributed by atoms with E-state index in [1.165, 1.54) is 0 Å². The van der Waals surface area contributed by atoms with Crippen molar-refractivity contribution in [2.75, 3.05) is 32.7 Å². The summed E-state index contributed by atoms with van der Waals surface area (Å²) in [5, 5.41) is 14.0. The minimum absolute atomic E-state index is 0.0290. The number of alkyl carbamates (subject to hydrolysis) is 1. The first-order valence-electron chi connectivity index (χ1n) is 11.5. The Morgan fingerprint density at radius 1 is 1.09 bits per heavy atom. The van der Waals surface area contributed by atoms with Crippen molar-refractivity contribution in [3.05, 3.63) is 35.9 Å². The number of β-amino-alcohol motifs (C(OH)–C–C–N with tert-alkyl or cyclic N) is 1. The fraction of sp³-hybridized carbons (Fsp3) is 0.667. The number of carbonyl (C=O) groups is 2. The zero-order valence-corrected chi connectivity index (χ0v) is 19.5. The Kier molecular flexibility index (Phi) is 8.00. The highest BCUT2D eigenvalue weighted by Crippen LogP contribution is 2.30. The summed E-state index contributed by atoms with van der Waals surface area (Å²) in [6.45, 7) is 8.99. The van der Waals surface area contributed by atoms with Gasteiger partial charge in [0, 0.05) is 38.8 Å². The molecule has 1 saturated heterocycles. The molecule has 8 nitrogen and oxygen atoms in total. The maximum Gasteiger partial charge on any atom is 0.410 e. The van der Waals surface area contributed by atoms with Gasteiger partial charge in [0.05, 0.1) is 5.60 Å². The fourth-order valence-corrected chi connectivity index (χ4v) is 4.25. The van der Waals surface area contributed by atoms with E-state index < -0.39 is 17.3 Å². The van der Waals surface area contributed by atoms with Gasteiger partial charge < -0.3 is 24.8 Å². The molecule has 0 spiro atoms. The van der Waals surface area contributed by atoms with Gasteiger partial charge in [0.1, 0.15) is 12.2 Å². The Balaban J connectivity index is 1.36. The van der Waals surface area contributed by atoms with Crippen molar-refractivity contribution in [2.24, 2.45) is 0 Å². The number of ether oxygens (including phenoxy) is 2. The summed E-state index contributed by atoms with van der Waals surface area (Å²) in [6, 6.07) is 9.68. The largest absolute Gasteiger partial charge is 0.445 e. The van der Waals surface area contributed by atoms with Gasteiger partial charge in [-0.25, -0.2) is 9.59 Å². The predicted octanol–water partition coefficient (Wildman–Crippen LogP) is 3.14. The van der Waals surface area contributed by atoms with Crippen LogP contribution in [0.25, 0.3) is 0 Å². The number of amides is 2. The highest BCUT2D eigenvalue weighted by atomic mass is 16.6. The Morgan fingerprint density at radius 3 is 2.31 bits per heavy atom. The van der Waals surface area contributed by atoms with Gasteiger partial charge in [-0.2, -0.15) is 0 Å². The topological polar surface area (TPSA) is 91.3 Å². The summed E-state index contributed by atoms with van der Waals surface area (Å²) >= 11 is 0. The molecular weight excluding hydrogens is 410 g/mol. The molecule has 1 aliphatic carbocycles. The highest BCUT2D eigenvalue weighted by Gasteiger charge is 2.36. The number of hydrogen-bond donors (Lipinski definition) is 2. The summed E-state index contributed by atoms with van der Waals surface area (Å²) in [7, 11) is 0. The molecule has 0 unspecified atom stereocenters. The lowest BCUT2D eigenvalue weighted by molar-refractivity contribution is -0.0409. The van der Waals surface area contributed by atoms with Gasteiger partial charge in [-0.15, -0.1) is 0 Å². The monoisotopic (exact) mass is 447 g/mol. The molecular formula is C24H37N3O5. The molecule has 32 heavy (non-hydrogen) atoms. The number of rotatable bonds is 5. The number of hydrogen-bond acceptors (Lipinski definition) is 6. The highest BCUT2D eigenvalue weighted by molar-refractivity contribution is 5.68. The minimum Gasteiger partial charge on any atom is -0.445 e. The second-order valence-electron chi connectivity index (χ2n) is 9.95. The third-order valence-corrected chi connectivity index (χ3v) is 5.99. The van der Waals surface area contributed by atoms with E-state index in [4.69, 9.17) is 9.47 Å². The molecule has 2 N–H and O–H groups in total. The summed E-state index contributed by atoms with van der Waals surface area (Å²) in [5.41, 5.74) is -0.309. The fourth-order valence-electron chi connectivity index (χ4n) is 4.25. The molecule has 2 aliphatic rings. The quantitative estimate of drug-likeness (QED) is 0.721. The van der Waals surface area contributed by atoms with Gasteiger partial charge in [0.25, 0.3) is 0 Å². The van der Waals surface area contributed by atoms with Crippen molar-refractivity contribution in [3.8, 4) is 0 Å². The van der Waals surface area contributed by atoms with Crippen LogP contribution in [0.3, 0.4) is 0 Å². The van der Waals surface area contributed by atoms with E-state index in [9.17, 15) is 14.7 Å². The van der Waals surface area contributed by atoms with E-state index in [0.29, 0.717) is 45.6 Å². The van der Waals surface area contributed by atoms with Crippen molar-refractivity contribution >= 4 is 12.2 Å². The van der Waals surface area contributed by atoms with Gasteiger partial charge in [-0.1, -0.05) is 30.3 Å². The Bertz CT molecular complexity index is 749. The van der Waals surface area contributed by atoms with E-state index in [1.807, 2.05) is 51.1 Å². The van der Waals surface area contributed by atoms with Crippen LogP contribution in [0, 0.1) is 0 Å². The average molecular weight is 448 g/mol. The smallest absolute Gasteiger partial charge is 0.410 e. The van der Waals surface area contributed by atoms with Crippen LogP contribution in [0.15, 0.2) is 30.3 Å². The first kappa shape index (κ1) is 24.3. The molecule has 1 aliphatic heterocycles. The van der Waals surface area contributed by atoms with Crippen LogP contribution >= 0.6 is 0 Å². The van der Waals surface area contributed by atoms with E-state index in [1.54, 1.807) is 4.90 Å². The molecule has 1 aromatic carbocycles. The summed E-state index contributed by atoms with van der Waals surface area (Å²) < 4.78 is 10.7. The molecule has 0 atom stereocenters. The normalized spacial score (nSPS) is 24.6. The van der Waals surface area contributed by atoms with E-state index in [-0.39, 0.29) is 18.7 Å². The molecule has 1 aromatic rings. The molecule has 8 heteroatoms. The lowest BCUT2D eigenvalue weighted by atomic mass is 9.81. The molecule has 2 fully saturated rings. The first-order valence-corrected chi connectivity index (χ1v) is 11.5. The summed E-state index contributed by atoms with van der Waals surface area (Å²) in [5.74, 6) is 0. The van der Waals surface area contributed by atoms with Gasteiger partial charge in [-0.3, -0.25) is 4.90 Å². The van der Waals surface area contributed by atoms with Gasteiger partial charge in [0.15, 0.2) is 0 Å². The van der Waals surface area contributed by atoms with Crippen LogP contribution in [0.1, 0.15) is 52.0 Å². The van der Waals surface area contributed by atoms with E-state index >= 15 is 0 Å². The maximum atomic E-state index is 12.3. The zero-order valence-electron chi connectivity index (χ0n) is 19.5. The van der Waals surface area contributed by atoms with Crippen molar-refractivity contribution < 1.29 is 24.2 Å².